The molecule has 3 heterocycles. The molecule has 1 saturated heterocycles. The molecule has 1 fully saturated rings. The highest BCUT2D eigenvalue weighted by Crippen LogP contribution is 2.29. The minimum Gasteiger partial charge on any atom is -0.497 e. The number of aromatic nitrogens is 2. The SMILES string of the molecule is COc1ccc(CCC(=O)N2CCC(c3cc(Nc4ccc(F)cn4)cc(C)n3)C2)cc1. The Hall–Kier alpha value is -3.48. The highest BCUT2D eigenvalue weighted by Gasteiger charge is 2.28. The number of carbonyl (C=O) groups is 1. The van der Waals surface area contributed by atoms with Gasteiger partial charge >= 0.3 is 0 Å². The first-order chi connectivity index (χ1) is 15.5. The minimum absolute atomic E-state index is 0.171. The van der Waals surface area contributed by atoms with Crippen molar-refractivity contribution in [3.63, 3.8) is 0 Å². The van der Waals surface area contributed by atoms with E-state index in [1.165, 1.54) is 12.3 Å². The van der Waals surface area contributed by atoms with E-state index in [2.05, 4.69) is 10.3 Å². The van der Waals surface area contributed by atoms with Gasteiger partial charge in [0.2, 0.25) is 5.91 Å². The zero-order valence-corrected chi connectivity index (χ0v) is 18.3. The lowest BCUT2D eigenvalue weighted by atomic mass is 10.0. The Kier molecular flexibility index (Phi) is 6.63. The van der Waals surface area contributed by atoms with Crippen LogP contribution in [0, 0.1) is 12.7 Å². The van der Waals surface area contributed by atoms with E-state index >= 15 is 0 Å². The Morgan fingerprint density at radius 1 is 1.22 bits per heavy atom. The topological polar surface area (TPSA) is 67.3 Å². The van der Waals surface area contributed by atoms with E-state index in [9.17, 15) is 9.18 Å². The third kappa shape index (κ3) is 5.41. The maximum atomic E-state index is 13.1. The summed E-state index contributed by atoms with van der Waals surface area (Å²) < 4.78 is 18.3. The van der Waals surface area contributed by atoms with Crippen molar-refractivity contribution in [3.8, 4) is 5.75 Å². The number of aryl methyl sites for hydroxylation is 2. The Bertz CT molecular complexity index is 1070. The number of ether oxygens (including phenoxy) is 1. The minimum atomic E-state index is -0.371. The van der Waals surface area contributed by atoms with Gasteiger partial charge in [0.1, 0.15) is 17.4 Å². The van der Waals surface area contributed by atoms with E-state index in [-0.39, 0.29) is 17.6 Å². The van der Waals surface area contributed by atoms with Gasteiger partial charge in [-0.3, -0.25) is 9.78 Å². The monoisotopic (exact) mass is 434 g/mol. The summed E-state index contributed by atoms with van der Waals surface area (Å²) in [4.78, 5) is 23.4. The number of anilines is 2. The molecule has 1 aliphatic rings. The van der Waals surface area contributed by atoms with Crippen molar-refractivity contribution >= 4 is 17.4 Å². The first-order valence-electron chi connectivity index (χ1n) is 10.8. The molecule has 166 valence electrons. The molecular formula is C25H27FN4O2. The van der Waals surface area contributed by atoms with E-state index in [0.29, 0.717) is 25.2 Å². The Morgan fingerprint density at radius 2 is 2.03 bits per heavy atom. The maximum Gasteiger partial charge on any atom is 0.222 e. The molecule has 7 heteroatoms. The van der Waals surface area contributed by atoms with Crippen LogP contribution in [0.5, 0.6) is 5.75 Å². The van der Waals surface area contributed by atoms with Gasteiger partial charge < -0.3 is 15.0 Å². The Morgan fingerprint density at radius 3 is 2.75 bits per heavy atom. The Labute approximate surface area is 187 Å². The fraction of sp³-hybridized carbons (Fsp3) is 0.320. The van der Waals surface area contributed by atoms with Crippen LogP contribution in [0.25, 0.3) is 0 Å². The number of halogens is 1. The van der Waals surface area contributed by atoms with Crippen LogP contribution in [-0.4, -0.2) is 41.0 Å². The van der Waals surface area contributed by atoms with E-state index in [1.807, 2.05) is 48.2 Å². The molecule has 1 N–H and O–H groups in total. The number of nitrogens with zero attached hydrogens (tertiary/aromatic N) is 3. The van der Waals surface area contributed by atoms with Crippen LogP contribution in [0.4, 0.5) is 15.9 Å². The number of benzene rings is 1. The number of methoxy groups -OCH3 is 1. The van der Waals surface area contributed by atoms with Crippen molar-refractivity contribution in [1.29, 1.82) is 0 Å². The number of hydrogen-bond donors (Lipinski definition) is 1. The van der Waals surface area contributed by atoms with Crippen LogP contribution >= 0.6 is 0 Å². The van der Waals surface area contributed by atoms with Gasteiger partial charge in [-0.05, 0) is 61.7 Å². The van der Waals surface area contributed by atoms with Gasteiger partial charge in [0.25, 0.3) is 0 Å². The highest BCUT2D eigenvalue weighted by molar-refractivity contribution is 5.77. The van der Waals surface area contributed by atoms with Gasteiger partial charge in [-0.15, -0.1) is 0 Å². The summed E-state index contributed by atoms with van der Waals surface area (Å²) in [5.74, 6) is 1.39. The molecular weight excluding hydrogens is 407 g/mol. The van der Waals surface area contributed by atoms with Crippen molar-refractivity contribution in [2.45, 2.75) is 32.1 Å². The summed E-state index contributed by atoms with van der Waals surface area (Å²) in [6, 6.07) is 14.7. The van der Waals surface area contributed by atoms with Gasteiger partial charge in [-0.25, -0.2) is 9.37 Å². The molecule has 0 bridgehead atoms. The first kappa shape index (κ1) is 21.7. The normalized spacial score (nSPS) is 15.6. The average molecular weight is 435 g/mol. The lowest BCUT2D eigenvalue weighted by Gasteiger charge is -2.17. The number of carbonyl (C=O) groups excluding carboxylic acids is 1. The van der Waals surface area contributed by atoms with Gasteiger partial charge in [0, 0.05) is 42.5 Å². The van der Waals surface area contributed by atoms with E-state index < -0.39 is 0 Å². The molecule has 1 atom stereocenters. The summed E-state index contributed by atoms with van der Waals surface area (Å²) in [6.45, 7) is 3.36. The molecule has 0 radical (unpaired) electrons. The summed E-state index contributed by atoms with van der Waals surface area (Å²) in [6.07, 6.45) is 3.28. The van der Waals surface area contributed by atoms with Crippen molar-refractivity contribution in [3.05, 3.63) is 77.5 Å². The standard InChI is InChI=1S/C25H27FN4O2/c1-17-13-21(29-24-9-6-20(26)15-27-24)14-23(28-17)19-11-12-30(16-19)25(31)10-5-18-3-7-22(32-2)8-4-18/h3-4,6-9,13-15,19H,5,10-12,16H2,1-2H3,(H,27,28,29). The molecule has 6 nitrogen and oxygen atoms in total. The van der Waals surface area contributed by atoms with Crippen LogP contribution in [0.3, 0.4) is 0 Å². The van der Waals surface area contributed by atoms with E-state index in [0.717, 1.165) is 41.4 Å². The number of amides is 1. The number of nitrogens with one attached hydrogen (secondary N) is 1. The lowest BCUT2D eigenvalue weighted by Crippen LogP contribution is -2.28. The van der Waals surface area contributed by atoms with Crippen molar-refractivity contribution < 1.29 is 13.9 Å². The van der Waals surface area contributed by atoms with Gasteiger partial charge in [-0.1, -0.05) is 12.1 Å². The number of hydrogen-bond acceptors (Lipinski definition) is 5. The molecule has 0 aliphatic carbocycles. The molecule has 1 aliphatic heterocycles. The first-order valence-corrected chi connectivity index (χ1v) is 10.8. The van der Waals surface area contributed by atoms with Crippen LogP contribution < -0.4 is 10.1 Å². The molecule has 3 aromatic rings. The molecule has 0 saturated carbocycles. The van der Waals surface area contributed by atoms with Crippen LogP contribution in [0.1, 0.15) is 35.7 Å². The highest BCUT2D eigenvalue weighted by atomic mass is 19.1. The second kappa shape index (κ2) is 9.77. The smallest absolute Gasteiger partial charge is 0.222 e. The predicted octanol–water partition coefficient (Wildman–Crippen LogP) is 4.63. The molecule has 4 rings (SSSR count). The Balaban J connectivity index is 1.36. The summed E-state index contributed by atoms with van der Waals surface area (Å²) in [5.41, 5.74) is 3.83. The molecule has 0 spiro atoms. The fourth-order valence-corrected chi connectivity index (χ4v) is 4.00. The number of rotatable bonds is 7. The summed E-state index contributed by atoms with van der Waals surface area (Å²) in [5, 5.41) is 3.21. The zero-order chi connectivity index (χ0) is 22.5. The van der Waals surface area contributed by atoms with Crippen LogP contribution in [-0.2, 0) is 11.2 Å². The molecule has 2 aromatic heterocycles. The predicted molar refractivity (Wildman–Crippen MR) is 122 cm³/mol. The van der Waals surface area contributed by atoms with Crippen molar-refractivity contribution in [2.24, 2.45) is 0 Å². The molecule has 1 amide bonds. The van der Waals surface area contributed by atoms with Gasteiger partial charge in [-0.2, -0.15) is 0 Å². The number of pyridine rings is 2. The average Bonchev–Trinajstić information content (AvgIpc) is 3.30. The molecule has 1 unspecified atom stereocenters. The quantitative estimate of drug-likeness (QED) is 0.588. The third-order valence-electron chi connectivity index (χ3n) is 5.72. The summed E-state index contributed by atoms with van der Waals surface area (Å²) >= 11 is 0. The van der Waals surface area contributed by atoms with Gasteiger partial charge in [0.05, 0.1) is 13.3 Å². The van der Waals surface area contributed by atoms with Crippen molar-refractivity contribution in [2.75, 3.05) is 25.5 Å². The molecule has 1 aromatic carbocycles. The third-order valence-corrected chi connectivity index (χ3v) is 5.72. The van der Waals surface area contributed by atoms with Crippen LogP contribution in [0.2, 0.25) is 0 Å². The second-order valence-electron chi connectivity index (χ2n) is 8.08. The van der Waals surface area contributed by atoms with E-state index in [1.54, 1.807) is 13.2 Å². The largest absolute Gasteiger partial charge is 0.497 e. The van der Waals surface area contributed by atoms with Crippen molar-refractivity contribution in [1.82, 2.24) is 14.9 Å². The van der Waals surface area contributed by atoms with E-state index in [4.69, 9.17) is 9.72 Å². The lowest BCUT2D eigenvalue weighted by molar-refractivity contribution is -0.130. The fourth-order valence-electron chi connectivity index (χ4n) is 4.00. The van der Waals surface area contributed by atoms with Gasteiger partial charge in [0.15, 0.2) is 0 Å². The second-order valence-corrected chi connectivity index (χ2v) is 8.08. The zero-order valence-electron chi connectivity index (χ0n) is 18.3. The van der Waals surface area contributed by atoms with Crippen LogP contribution in [0.15, 0.2) is 54.7 Å². The maximum absolute atomic E-state index is 13.1. The number of likely N-dealkylation sites (tertiary alicyclic amines) is 1. The summed E-state index contributed by atoms with van der Waals surface area (Å²) in [7, 11) is 1.64. The molecule has 32 heavy (non-hydrogen) atoms.